The van der Waals surface area contributed by atoms with E-state index in [1.165, 1.54) is 41.7 Å². The molecule has 168 valence electrons. The van der Waals surface area contributed by atoms with Crippen LogP contribution in [0.4, 0.5) is 10.5 Å². The van der Waals surface area contributed by atoms with Crippen LogP contribution >= 0.6 is 23.2 Å². The van der Waals surface area contributed by atoms with Crippen molar-refractivity contribution in [2.24, 2.45) is 0 Å². The fourth-order valence-corrected chi connectivity index (χ4v) is 4.39. The van der Waals surface area contributed by atoms with Crippen LogP contribution in [0.25, 0.3) is 0 Å². The fraction of sp³-hybridized carbons (Fsp3) is 0.318. The molecule has 0 unspecified atom stereocenters. The number of urea groups is 1. The van der Waals surface area contributed by atoms with E-state index in [4.69, 9.17) is 27.9 Å². The van der Waals surface area contributed by atoms with E-state index < -0.39 is 11.9 Å². The van der Waals surface area contributed by atoms with Gasteiger partial charge in [0.25, 0.3) is 5.91 Å². The van der Waals surface area contributed by atoms with Gasteiger partial charge in [-0.05, 0) is 43.2 Å². The number of halogens is 2. The van der Waals surface area contributed by atoms with E-state index >= 15 is 0 Å². The Bertz CT molecular complexity index is 1060. The third kappa shape index (κ3) is 4.76. The molecule has 0 aromatic heterocycles. The molecule has 2 aromatic carbocycles. The van der Waals surface area contributed by atoms with Gasteiger partial charge in [-0.15, -0.1) is 0 Å². The molecule has 1 heterocycles. The summed E-state index contributed by atoms with van der Waals surface area (Å²) in [6.07, 6.45) is 5.14. The lowest BCUT2D eigenvalue weighted by molar-refractivity contribution is -0.117. The number of anilines is 1. The standard InChI is InChI=1S/C22H21Cl2N3O5/c23-16-8-13(27-11-19(29)26-22(27)31)9-17(24)20(16)32-14-6-7-18(28)15(10-14)21(30)25-12-4-2-1-3-5-12/h6-10,12,28H,1-5,11H2,(H,25,30)(H,26,29,31). The zero-order chi connectivity index (χ0) is 22.8. The average molecular weight is 478 g/mol. The molecule has 0 atom stereocenters. The van der Waals surface area contributed by atoms with Gasteiger partial charge >= 0.3 is 6.03 Å². The van der Waals surface area contributed by atoms with Gasteiger partial charge in [0, 0.05) is 11.7 Å². The Morgan fingerprint density at radius 2 is 1.78 bits per heavy atom. The molecule has 2 aromatic rings. The Kier molecular flexibility index (Phi) is 6.43. The Hall–Kier alpha value is -2.97. The number of aromatic hydroxyl groups is 1. The minimum absolute atomic E-state index is 0.0872. The smallest absolute Gasteiger partial charge is 0.329 e. The summed E-state index contributed by atoms with van der Waals surface area (Å²) < 4.78 is 5.80. The van der Waals surface area contributed by atoms with Crippen molar-refractivity contribution in [1.29, 1.82) is 0 Å². The third-order valence-corrected chi connectivity index (χ3v) is 6.02. The number of hydrogen-bond donors (Lipinski definition) is 3. The summed E-state index contributed by atoms with van der Waals surface area (Å²) in [5.41, 5.74) is 0.429. The number of rotatable bonds is 5. The normalized spacial score (nSPS) is 16.8. The van der Waals surface area contributed by atoms with Gasteiger partial charge in [0.1, 0.15) is 18.0 Å². The summed E-state index contributed by atoms with van der Waals surface area (Å²) in [6, 6.07) is 6.70. The molecule has 2 aliphatic rings. The van der Waals surface area contributed by atoms with Gasteiger partial charge in [0.05, 0.1) is 15.6 Å². The minimum atomic E-state index is -0.567. The van der Waals surface area contributed by atoms with Gasteiger partial charge in [-0.1, -0.05) is 42.5 Å². The molecule has 1 saturated carbocycles. The quantitative estimate of drug-likeness (QED) is 0.544. The molecule has 0 spiro atoms. The maximum absolute atomic E-state index is 12.7. The molecular weight excluding hydrogens is 457 g/mol. The van der Waals surface area contributed by atoms with Gasteiger partial charge in [-0.2, -0.15) is 0 Å². The molecule has 3 N–H and O–H groups in total. The summed E-state index contributed by atoms with van der Waals surface area (Å²) in [5, 5.41) is 15.5. The predicted octanol–water partition coefficient (Wildman–Crippen LogP) is 4.61. The first-order valence-corrected chi connectivity index (χ1v) is 11.0. The molecule has 4 amide bonds. The van der Waals surface area contributed by atoms with Crippen molar-refractivity contribution in [3.05, 3.63) is 45.9 Å². The highest BCUT2D eigenvalue weighted by Gasteiger charge is 2.29. The largest absolute Gasteiger partial charge is 0.507 e. The van der Waals surface area contributed by atoms with Crippen LogP contribution in [-0.4, -0.2) is 35.5 Å². The highest BCUT2D eigenvalue weighted by atomic mass is 35.5. The second-order valence-electron chi connectivity index (χ2n) is 7.77. The van der Waals surface area contributed by atoms with Gasteiger partial charge in [-0.3, -0.25) is 19.8 Å². The van der Waals surface area contributed by atoms with Gasteiger partial charge in [0.2, 0.25) is 5.91 Å². The lowest BCUT2D eigenvalue weighted by atomic mass is 9.95. The lowest BCUT2D eigenvalue weighted by Crippen LogP contribution is -2.36. The summed E-state index contributed by atoms with van der Waals surface area (Å²) >= 11 is 12.7. The summed E-state index contributed by atoms with van der Waals surface area (Å²) in [6.45, 7) is -0.136. The van der Waals surface area contributed by atoms with Crippen molar-refractivity contribution in [3.63, 3.8) is 0 Å². The van der Waals surface area contributed by atoms with E-state index in [-0.39, 0.29) is 51.4 Å². The van der Waals surface area contributed by atoms with Crippen LogP contribution in [0.3, 0.4) is 0 Å². The van der Waals surface area contributed by atoms with E-state index in [0.29, 0.717) is 5.69 Å². The van der Waals surface area contributed by atoms with Crippen LogP contribution in [0.2, 0.25) is 10.0 Å². The topological polar surface area (TPSA) is 108 Å². The molecular formula is C22H21Cl2N3O5. The molecule has 1 aliphatic heterocycles. The number of phenols is 1. The van der Waals surface area contributed by atoms with Gasteiger partial charge in [0.15, 0.2) is 5.75 Å². The molecule has 8 nitrogen and oxygen atoms in total. The van der Waals surface area contributed by atoms with Crippen molar-refractivity contribution in [1.82, 2.24) is 10.6 Å². The van der Waals surface area contributed by atoms with Crippen LogP contribution in [0, 0.1) is 0 Å². The Labute approximate surface area is 194 Å². The highest BCUT2D eigenvalue weighted by Crippen LogP contribution is 2.40. The fourth-order valence-electron chi connectivity index (χ4n) is 3.84. The van der Waals surface area contributed by atoms with Crippen LogP contribution in [0.15, 0.2) is 30.3 Å². The van der Waals surface area contributed by atoms with Crippen LogP contribution in [-0.2, 0) is 4.79 Å². The number of nitrogens with one attached hydrogen (secondary N) is 2. The second-order valence-corrected chi connectivity index (χ2v) is 8.58. The van der Waals surface area contributed by atoms with Crippen LogP contribution < -0.4 is 20.3 Å². The van der Waals surface area contributed by atoms with Crippen molar-refractivity contribution in [2.75, 3.05) is 11.4 Å². The SMILES string of the molecule is O=C1CN(c2cc(Cl)c(Oc3ccc(O)c(C(=O)NC4CCCCC4)c3)c(Cl)c2)C(=O)N1. The van der Waals surface area contributed by atoms with Crippen molar-refractivity contribution >= 4 is 46.7 Å². The molecule has 1 aliphatic carbocycles. The number of hydrogen-bond acceptors (Lipinski definition) is 5. The molecule has 2 fully saturated rings. The van der Waals surface area contributed by atoms with Crippen LogP contribution in [0.1, 0.15) is 42.5 Å². The Balaban J connectivity index is 1.54. The Morgan fingerprint density at radius 1 is 1.09 bits per heavy atom. The predicted molar refractivity (Wildman–Crippen MR) is 120 cm³/mol. The van der Waals surface area contributed by atoms with Gasteiger partial charge in [-0.25, -0.2) is 4.79 Å². The number of phenolic OH excluding ortho intramolecular Hbond substituents is 1. The van der Waals surface area contributed by atoms with E-state index in [0.717, 1.165) is 25.7 Å². The first-order valence-electron chi connectivity index (χ1n) is 10.2. The molecule has 0 bridgehead atoms. The molecule has 0 radical (unpaired) electrons. The number of carbonyl (C=O) groups excluding carboxylic acids is 3. The van der Waals surface area contributed by atoms with Crippen molar-refractivity contribution in [2.45, 2.75) is 38.1 Å². The van der Waals surface area contributed by atoms with E-state index in [1.54, 1.807) is 0 Å². The molecule has 1 saturated heterocycles. The van der Waals surface area contributed by atoms with E-state index in [9.17, 15) is 19.5 Å². The number of imide groups is 1. The highest BCUT2D eigenvalue weighted by molar-refractivity contribution is 6.38. The van der Waals surface area contributed by atoms with E-state index in [1.807, 2.05) is 0 Å². The third-order valence-electron chi connectivity index (χ3n) is 5.46. The summed E-state index contributed by atoms with van der Waals surface area (Å²) in [4.78, 5) is 37.2. The minimum Gasteiger partial charge on any atom is -0.507 e. The van der Waals surface area contributed by atoms with Gasteiger partial charge < -0.3 is 15.2 Å². The van der Waals surface area contributed by atoms with E-state index in [2.05, 4.69) is 10.6 Å². The molecule has 4 rings (SSSR count). The number of nitrogens with zero attached hydrogens (tertiary/aromatic N) is 1. The first kappa shape index (κ1) is 22.2. The number of ether oxygens (including phenoxy) is 1. The summed E-state index contributed by atoms with van der Waals surface area (Å²) in [5.74, 6) is -0.597. The zero-order valence-corrected chi connectivity index (χ0v) is 18.5. The maximum atomic E-state index is 12.7. The van der Waals surface area contributed by atoms with Crippen molar-refractivity contribution in [3.8, 4) is 17.2 Å². The zero-order valence-electron chi connectivity index (χ0n) is 17.0. The number of benzene rings is 2. The summed E-state index contributed by atoms with van der Waals surface area (Å²) in [7, 11) is 0. The molecule has 32 heavy (non-hydrogen) atoms. The Morgan fingerprint density at radius 3 is 2.41 bits per heavy atom. The van der Waals surface area contributed by atoms with Crippen LogP contribution in [0.5, 0.6) is 17.2 Å². The first-order chi connectivity index (χ1) is 15.3. The average Bonchev–Trinajstić information content (AvgIpc) is 3.10. The lowest BCUT2D eigenvalue weighted by Gasteiger charge is -2.23. The number of carbonyl (C=O) groups is 3. The second kappa shape index (κ2) is 9.26. The van der Waals surface area contributed by atoms with Crippen molar-refractivity contribution < 1.29 is 24.2 Å². The monoisotopic (exact) mass is 477 g/mol. The number of amides is 4. The maximum Gasteiger partial charge on any atom is 0.329 e. The molecule has 10 heteroatoms.